The van der Waals surface area contributed by atoms with Crippen molar-refractivity contribution in [1.82, 2.24) is 9.55 Å². The molecule has 0 spiro atoms. The van der Waals surface area contributed by atoms with Crippen LogP contribution in [0.2, 0.25) is 0 Å². The van der Waals surface area contributed by atoms with Crippen molar-refractivity contribution in [1.29, 1.82) is 0 Å². The van der Waals surface area contributed by atoms with Crippen molar-refractivity contribution in [2.45, 2.75) is 0 Å². The molecule has 0 saturated carbocycles. The van der Waals surface area contributed by atoms with Gasteiger partial charge in [0.05, 0.1) is 16.6 Å². The van der Waals surface area contributed by atoms with Gasteiger partial charge in [-0.1, -0.05) is 12.1 Å². The minimum absolute atomic E-state index is 0.0335. The summed E-state index contributed by atoms with van der Waals surface area (Å²) in [7, 11) is 0. The molecule has 0 amide bonds. The van der Waals surface area contributed by atoms with Gasteiger partial charge in [-0.15, -0.1) is 0 Å². The first-order chi connectivity index (χ1) is 9.58. The van der Waals surface area contributed by atoms with Crippen molar-refractivity contribution in [2.24, 2.45) is 0 Å². The van der Waals surface area contributed by atoms with E-state index in [1.165, 1.54) is 12.1 Å². The fraction of sp³-hybridized carbons (Fsp3) is 0. The zero-order chi connectivity index (χ0) is 14.3. The Morgan fingerprint density at radius 1 is 1.20 bits per heavy atom. The molecule has 0 bridgehead atoms. The molecule has 6 heteroatoms. The lowest BCUT2D eigenvalue weighted by molar-refractivity contribution is 0.616. The summed E-state index contributed by atoms with van der Waals surface area (Å²) in [6, 6.07) is 11.2. The summed E-state index contributed by atoms with van der Waals surface area (Å²) in [5.41, 5.74) is 6.03. The Morgan fingerprint density at radius 3 is 2.70 bits per heavy atom. The first-order valence-electron chi connectivity index (χ1n) is 5.80. The first-order valence-corrected chi connectivity index (χ1v) is 6.88. The Kier molecular flexibility index (Phi) is 3.17. The maximum atomic E-state index is 13.9. The van der Waals surface area contributed by atoms with Crippen LogP contribution in [0.5, 0.6) is 0 Å². The molecular formula is C14H9FIN3O. The number of hydrogen-bond acceptors (Lipinski definition) is 3. The van der Waals surface area contributed by atoms with Gasteiger partial charge in [-0.25, -0.2) is 13.9 Å². The second kappa shape index (κ2) is 4.86. The van der Waals surface area contributed by atoms with E-state index in [1.54, 1.807) is 24.3 Å². The predicted molar refractivity (Wildman–Crippen MR) is 84.4 cm³/mol. The van der Waals surface area contributed by atoms with Gasteiger partial charge in [-0.2, -0.15) is 0 Å². The lowest BCUT2D eigenvalue weighted by atomic mass is 10.2. The number of para-hydroxylation sites is 1. The lowest BCUT2D eigenvalue weighted by Crippen LogP contribution is -2.23. The summed E-state index contributed by atoms with van der Waals surface area (Å²) >= 11 is 2.11. The third-order valence-electron chi connectivity index (χ3n) is 2.95. The highest BCUT2D eigenvalue weighted by molar-refractivity contribution is 14.1. The number of rotatable bonds is 1. The minimum Gasteiger partial charge on any atom is -0.369 e. The van der Waals surface area contributed by atoms with Crippen LogP contribution in [0, 0.1) is 9.39 Å². The van der Waals surface area contributed by atoms with Crippen molar-refractivity contribution < 1.29 is 4.39 Å². The van der Waals surface area contributed by atoms with Crippen LogP contribution in [0.3, 0.4) is 0 Å². The van der Waals surface area contributed by atoms with Crippen molar-refractivity contribution in [2.75, 3.05) is 5.73 Å². The van der Waals surface area contributed by atoms with E-state index < -0.39 is 5.82 Å². The third kappa shape index (κ3) is 2.05. The van der Waals surface area contributed by atoms with Crippen LogP contribution < -0.4 is 11.3 Å². The number of nitrogen functional groups attached to an aromatic ring is 1. The molecule has 2 N–H and O–H groups in total. The molecule has 0 atom stereocenters. The predicted octanol–water partition coefficient (Wildman–Crippen LogP) is 2.71. The standard InChI is InChI=1S/C14H9FIN3O/c15-10-3-1-2-4-12(10)19-13(20)9-7-8(16)5-6-11(9)18-14(19)17/h1-7H,(H2,17,18). The summed E-state index contributed by atoms with van der Waals surface area (Å²) in [6.45, 7) is 0. The molecule has 20 heavy (non-hydrogen) atoms. The molecular weight excluding hydrogens is 372 g/mol. The SMILES string of the molecule is Nc1nc2ccc(I)cc2c(=O)n1-c1ccccc1F. The van der Waals surface area contributed by atoms with Crippen molar-refractivity contribution in [3.05, 3.63) is 62.2 Å². The summed E-state index contributed by atoms with van der Waals surface area (Å²) in [5.74, 6) is -0.554. The molecule has 1 aromatic heterocycles. The van der Waals surface area contributed by atoms with Gasteiger partial charge in [0, 0.05) is 3.57 Å². The average Bonchev–Trinajstić information content (AvgIpc) is 2.42. The highest BCUT2D eigenvalue weighted by Crippen LogP contribution is 2.18. The summed E-state index contributed by atoms with van der Waals surface area (Å²) in [4.78, 5) is 16.7. The van der Waals surface area contributed by atoms with Crippen LogP contribution in [0.1, 0.15) is 0 Å². The van der Waals surface area contributed by atoms with Gasteiger partial charge >= 0.3 is 0 Å². The van der Waals surface area contributed by atoms with E-state index >= 15 is 0 Å². The maximum Gasteiger partial charge on any atom is 0.267 e. The molecule has 0 fully saturated rings. The van der Waals surface area contributed by atoms with Crippen LogP contribution in [0.15, 0.2) is 47.3 Å². The average molecular weight is 381 g/mol. The molecule has 0 aliphatic rings. The summed E-state index contributed by atoms with van der Waals surface area (Å²) < 4.78 is 15.9. The van der Waals surface area contributed by atoms with E-state index in [0.29, 0.717) is 10.9 Å². The Hall–Kier alpha value is -1.96. The molecule has 0 saturated heterocycles. The van der Waals surface area contributed by atoms with Gasteiger partial charge in [-0.3, -0.25) is 4.79 Å². The second-order valence-electron chi connectivity index (χ2n) is 4.22. The van der Waals surface area contributed by atoms with Crippen LogP contribution in [0.25, 0.3) is 16.6 Å². The fourth-order valence-electron chi connectivity index (χ4n) is 2.04. The topological polar surface area (TPSA) is 60.9 Å². The first kappa shape index (κ1) is 13.0. The molecule has 3 aromatic rings. The Morgan fingerprint density at radius 2 is 1.95 bits per heavy atom. The number of anilines is 1. The van der Waals surface area contributed by atoms with Crippen LogP contribution in [-0.4, -0.2) is 9.55 Å². The van der Waals surface area contributed by atoms with E-state index in [-0.39, 0.29) is 17.2 Å². The van der Waals surface area contributed by atoms with E-state index in [9.17, 15) is 9.18 Å². The Labute approximate surface area is 127 Å². The number of fused-ring (bicyclic) bond motifs is 1. The molecule has 0 aliphatic carbocycles. The highest BCUT2D eigenvalue weighted by atomic mass is 127. The van der Waals surface area contributed by atoms with Crippen molar-refractivity contribution in [3.8, 4) is 5.69 Å². The normalized spacial score (nSPS) is 10.9. The molecule has 3 rings (SSSR count). The van der Waals surface area contributed by atoms with Crippen molar-refractivity contribution >= 4 is 39.4 Å². The van der Waals surface area contributed by atoms with Crippen molar-refractivity contribution in [3.63, 3.8) is 0 Å². The lowest BCUT2D eigenvalue weighted by Gasteiger charge is -2.11. The number of nitrogens with zero attached hydrogens (tertiary/aromatic N) is 2. The number of hydrogen-bond donors (Lipinski definition) is 1. The fourth-order valence-corrected chi connectivity index (χ4v) is 2.53. The van der Waals surface area contributed by atoms with Gasteiger partial charge in [-0.05, 0) is 52.9 Å². The van der Waals surface area contributed by atoms with Crippen LogP contribution >= 0.6 is 22.6 Å². The van der Waals surface area contributed by atoms with E-state index in [1.807, 2.05) is 6.07 Å². The number of benzene rings is 2. The number of aromatic nitrogens is 2. The van der Waals surface area contributed by atoms with E-state index in [4.69, 9.17) is 5.73 Å². The Balaban J connectivity index is 2.43. The smallest absolute Gasteiger partial charge is 0.267 e. The van der Waals surface area contributed by atoms with Gasteiger partial charge in [0.15, 0.2) is 0 Å². The molecule has 0 radical (unpaired) electrons. The highest BCUT2D eigenvalue weighted by Gasteiger charge is 2.13. The summed E-state index contributed by atoms with van der Waals surface area (Å²) in [5, 5.41) is 0.411. The minimum atomic E-state index is -0.520. The van der Waals surface area contributed by atoms with Gasteiger partial charge < -0.3 is 5.73 Å². The van der Waals surface area contributed by atoms with Gasteiger partial charge in [0.2, 0.25) is 5.95 Å². The zero-order valence-electron chi connectivity index (χ0n) is 10.2. The third-order valence-corrected chi connectivity index (χ3v) is 3.62. The Bertz CT molecular complexity index is 876. The van der Waals surface area contributed by atoms with E-state index in [2.05, 4.69) is 27.6 Å². The molecule has 2 aromatic carbocycles. The van der Waals surface area contributed by atoms with Gasteiger partial charge in [0.25, 0.3) is 5.56 Å². The second-order valence-corrected chi connectivity index (χ2v) is 5.47. The van der Waals surface area contributed by atoms with Crippen LogP contribution in [0.4, 0.5) is 10.3 Å². The monoisotopic (exact) mass is 381 g/mol. The number of halogens is 2. The molecule has 4 nitrogen and oxygen atoms in total. The van der Waals surface area contributed by atoms with Gasteiger partial charge in [0.1, 0.15) is 5.82 Å². The number of nitrogens with two attached hydrogens (primary N) is 1. The molecule has 0 aliphatic heterocycles. The molecule has 100 valence electrons. The largest absolute Gasteiger partial charge is 0.369 e. The quantitative estimate of drug-likeness (QED) is 0.660. The maximum absolute atomic E-state index is 13.9. The molecule has 1 heterocycles. The zero-order valence-corrected chi connectivity index (χ0v) is 12.3. The van der Waals surface area contributed by atoms with E-state index in [0.717, 1.165) is 8.14 Å². The summed E-state index contributed by atoms with van der Waals surface area (Å²) in [6.07, 6.45) is 0. The van der Waals surface area contributed by atoms with Crippen LogP contribution in [-0.2, 0) is 0 Å². The molecule has 0 unspecified atom stereocenters.